The number of nitrogens with one attached hydrogen (secondary N) is 2. The van der Waals surface area contributed by atoms with Crippen LogP contribution in [0.25, 0.3) is 22.2 Å². The summed E-state index contributed by atoms with van der Waals surface area (Å²) in [6.07, 6.45) is 5.02. The number of benzene rings is 3. The molecule has 2 heterocycles. The Bertz CT molecular complexity index is 1510. The number of methoxy groups -OCH3 is 2. The summed E-state index contributed by atoms with van der Waals surface area (Å²) in [7, 11) is 3.37. The molecule has 1 aliphatic carbocycles. The van der Waals surface area contributed by atoms with Crippen molar-refractivity contribution in [1.29, 1.82) is 0 Å². The number of piperazine rings is 1. The molecule has 6 rings (SSSR count). The highest BCUT2D eigenvalue weighted by atomic mass is 16.5. The lowest BCUT2D eigenvalue weighted by Gasteiger charge is -2.42. The van der Waals surface area contributed by atoms with E-state index in [1.54, 1.807) is 14.2 Å². The van der Waals surface area contributed by atoms with E-state index in [-0.39, 0.29) is 0 Å². The molecule has 1 saturated heterocycles. The number of aromatic amines is 1. The van der Waals surface area contributed by atoms with Crippen molar-refractivity contribution in [2.45, 2.75) is 71.0 Å². The molecule has 3 aromatic carbocycles. The van der Waals surface area contributed by atoms with Crippen LogP contribution < -0.4 is 14.8 Å². The number of hydrogen-bond acceptors (Lipinski definition) is 5. The maximum absolute atomic E-state index is 5.60. The first-order valence-corrected chi connectivity index (χ1v) is 16.1. The van der Waals surface area contributed by atoms with Crippen molar-refractivity contribution in [1.82, 2.24) is 14.8 Å². The van der Waals surface area contributed by atoms with Crippen LogP contribution in [0.4, 0.5) is 5.69 Å². The first-order chi connectivity index (χ1) is 20.9. The number of nitrogens with zero attached hydrogens (tertiary/aromatic N) is 2. The molecule has 0 radical (unpaired) electrons. The summed E-state index contributed by atoms with van der Waals surface area (Å²) in [5.74, 6) is 1.87. The first kappa shape index (κ1) is 29.6. The van der Waals surface area contributed by atoms with Gasteiger partial charge in [-0.3, -0.25) is 9.80 Å². The SMILES string of the molecule is COc1ccc(-c2[nH]c3ccc(NC4CCC(N5CCN(Cc6ccc(C)cc6)CC5)CC4)cc3c2C(C)C)cc1OC. The van der Waals surface area contributed by atoms with E-state index in [2.05, 4.69) is 95.5 Å². The van der Waals surface area contributed by atoms with E-state index in [4.69, 9.17) is 9.47 Å². The van der Waals surface area contributed by atoms with Crippen molar-refractivity contribution in [3.63, 3.8) is 0 Å². The minimum Gasteiger partial charge on any atom is -0.493 e. The number of ether oxygens (including phenoxy) is 2. The molecule has 2 fully saturated rings. The number of fused-ring (bicyclic) bond motifs is 1. The molecule has 0 amide bonds. The molecule has 0 atom stereocenters. The molecule has 0 bridgehead atoms. The highest BCUT2D eigenvalue weighted by molar-refractivity contribution is 5.93. The van der Waals surface area contributed by atoms with Gasteiger partial charge in [-0.25, -0.2) is 0 Å². The van der Waals surface area contributed by atoms with E-state index in [0.29, 0.717) is 12.0 Å². The van der Waals surface area contributed by atoms with Crippen LogP contribution in [0.5, 0.6) is 11.5 Å². The molecule has 1 aliphatic heterocycles. The standard InChI is InChI=1S/C37H48N4O2/c1-25(2)36-32-23-30(13-16-33(32)39-37(36)28-10-17-34(42-4)35(22-28)43-5)38-29-11-14-31(15-12-29)41-20-18-40(19-21-41)24-27-8-6-26(3)7-9-27/h6-10,13,16-17,22-23,25,29,31,38-39H,11-12,14-15,18-21,24H2,1-5H3. The van der Waals surface area contributed by atoms with Gasteiger partial charge in [0.05, 0.1) is 19.9 Å². The minimum absolute atomic E-state index is 0.375. The number of aromatic nitrogens is 1. The molecule has 4 aromatic rings. The monoisotopic (exact) mass is 580 g/mol. The molecule has 6 nitrogen and oxygen atoms in total. The van der Waals surface area contributed by atoms with Crippen molar-refractivity contribution in [2.75, 3.05) is 45.7 Å². The predicted octanol–water partition coefficient (Wildman–Crippen LogP) is 7.82. The van der Waals surface area contributed by atoms with Gasteiger partial charge >= 0.3 is 0 Å². The van der Waals surface area contributed by atoms with E-state index in [1.165, 1.54) is 85.1 Å². The average molecular weight is 581 g/mol. The zero-order chi connectivity index (χ0) is 29.9. The summed E-state index contributed by atoms with van der Waals surface area (Å²) in [6.45, 7) is 12.5. The normalized spacial score (nSPS) is 20.0. The molecule has 228 valence electrons. The highest BCUT2D eigenvalue weighted by Crippen LogP contribution is 2.40. The minimum atomic E-state index is 0.375. The summed E-state index contributed by atoms with van der Waals surface area (Å²) in [5.41, 5.74) is 8.77. The summed E-state index contributed by atoms with van der Waals surface area (Å²) in [6, 6.07) is 23.3. The van der Waals surface area contributed by atoms with Crippen molar-refractivity contribution in [3.8, 4) is 22.8 Å². The molecule has 2 N–H and O–H groups in total. The predicted molar refractivity (Wildman–Crippen MR) is 179 cm³/mol. The smallest absolute Gasteiger partial charge is 0.161 e. The maximum Gasteiger partial charge on any atom is 0.161 e. The van der Waals surface area contributed by atoms with Gasteiger partial charge in [0.1, 0.15) is 0 Å². The van der Waals surface area contributed by atoms with Crippen molar-refractivity contribution in [2.24, 2.45) is 0 Å². The summed E-state index contributed by atoms with van der Waals surface area (Å²) < 4.78 is 11.1. The zero-order valence-corrected chi connectivity index (χ0v) is 26.6. The fraction of sp³-hybridized carbons (Fsp3) is 0.459. The lowest BCUT2D eigenvalue weighted by Crippen LogP contribution is -2.51. The van der Waals surface area contributed by atoms with Crippen LogP contribution in [0.15, 0.2) is 60.7 Å². The van der Waals surface area contributed by atoms with Gasteiger partial charge in [0, 0.05) is 67.0 Å². The second kappa shape index (κ2) is 13.0. The molecular weight excluding hydrogens is 532 g/mol. The van der Waals surface area contributed by atoms with Crippen LogP contribution >= 0.6 is 0 Å². The second-order valence-corrected chi connectivity index (χ2v) is 12.8. The Kier molecular flexibility index (Phi) is 8.96. The number of H-pyrrole nitrogens is 1. The third-order valence-electron chi connectivity index (χ3n) is 9.61. The Morgan fingerprint density at radius 3 is 2.23 bits per heavy atom. The highest BCUT2D eigenvalue weighted by Gasteiger charge is 2.28. The first-order valence-electron chi connectivity index (χ1n) is 16.1. The molecule has 0 unspecified atom stereocenters. The van der Waals surface area contributed by atoms with Crippen LogP contribution in [0.2, 0.25) is 0 Å². The molecule has 6 heteroatoms. The molecule has 1 aromatic heterocycles. The lowest BCUT2D eigenvalue weighted by molar-refractivity contribution is 0.0740. The van der Waals surface area contributed by atoms with Crippen molar-refractivity contribution < 1.29 is 9.47 Å². The van der Waals surface area contributed by atoms with Crippen LogP contribution in [-0.4, -0.2) is 67.3 Å². The number of rotatable bonds is 9. The van der Waals surface area contributed by atoms with Crippen LogP contribution in [0.3, 0.4) is 0 Å². The van der Waals surface area contributed by atoms with Gasteiger partial charge in [0.2, 0.25) is 0 Å². The van der Waals surface area contributed by atoms with Gasteiger partial charge in [-0.1, -0.05) is 43.7 Å². The van der Waals surface area contributed by atoms with Crippen LogP contribution in [0.1, 0.15) is 62.1 Å². The Morgan fingerprint density at radius 2 is 1.56 bits per heavy atom. The molecule has 2 aliphatic rings. The Labute approximate surface area is 257 Å². The average Bonchev–Trinajstić information content (AvgIpc) is 3.42. The molecule has 1 saturated carbocycles. The van der Waals surface area contributed by atoms with Gasteiger partial charge in [-0.15, -0.1) is 0 Å². The third-order valence-corrected chi connectivity index (χ3v) is 9.61. The number of hydrogen-bond donors (Lipinski definition) is 2. The number of aryl methyl sites for hydroxylation is 1. The van der Waals surface area contributed by atoms with E-state index in [9.17, 15) is 0 Å². The van der Waals surface area contributed by atoms with Crippen LogP contribution in [0, 0.1) is 6.92 Å². The maximum atomic E-state index is 5.60. The van der Waals surface area contributed by atoms with E-state index >= 15 is 0 Å². The quantitative estimate of drug-likeness (QED) is 0.211. The fourth-order valence-corrected chi connectivity index (χ4v) is 7.18. The molecule has 0 spiro atoms. The number of anilines is 1. The second-order valence-electron chi connectivity index (χ2n) is 12.8. The topological polar surface area (TPSA) is 52.8 Å². The van der Waals surface area contributed by atoms with E-state index < -0.39 is 0 Å². The van der Waals surface area contributed by atoms with Gasteiger partial charge in [0.15, 0.2) is 11.5 Å². The van der Waals surface area contributed by atoms with E-state index in [1.807, 2.05) is 6.07 Å². The Morgan fingerprint density at radius 1 is 0.837 bits per heavy atom. The largest absolute Gasteiger partial charge is 0.493 e. The summed E-state index contributed by atoms with van der Waals surface area (Å²) in [5, 5.41) is 5.20. The fourth-order valence-electron chi connectivity index (χ4n) is 7.18. The Hall–Kier alpha value is -3.48. The summed E-state index contributed by atoms with van der Waals surface area (Å²) >= 11 is 0. The molecular formula is C37H48N4O2. The van der Waals surface area contributed by atoms with Crippen LogP contribution in [-0.2, 0) is 6.54 Å². The molecule has 43 heavy (non-hydrogen) atoms. The Balaban J connectivity index is 1.07. The third kappa shape index (κ3) is 6.56. The van der Waals surface area contributed by atoms with E-state index in [0.717, 1.165) is 35.3 Å². The zero-order valence-electron chi connectivity index (χ0n) is 26.6. The van der Waals surface area contributed by atoms with Gasteiger partial charge in [-0.05, 0) is 86.1 Å². The van der Waals surface area contributed by atoms with Crippen molar-refractivity contribution >= 4 is 16.6 Å². The summed E-state index contributed by atoms with van der Waals surface area (Å²) in [4.78, 5) is 9.09. The lowest BCUT2D eigenvalue weighted by atomic mass is 9.89. The van der Waals surface area contributed by atoms with Gasteiger partial charge in [-0.2, -0.15) is 0 Å². The van der Waals surface area contributed by atoms with Gasteiger partial charge in [0.25, 0.3) is 0 Å². The van der Waals surface area contributed by atoms with Gasteiger partial charge < -0.3 is 19.8 Å². The van der Waals surface area contributed by atoms with Crippen molar-refractivity contribution in [3.05, 3.63) is 77.4 Å².